The molecule has 0 aliphatic carbocycles. The van der Waals surface area contributed by atoms with E-state index in [4.69, 9.17) is 4.52 Å². The summed E-state index contributed by atoms with van der Waals surface area (Å²) >= 11 is 0. The zero-order valence-corrected chi connectivity index (χ0v) is 11.3. The van der Waals surface area contributed by atoms with Crippen molar-refractivity contribution in [1.29, 1.82) is 0 Å². The van der Waals surface area contributed by atoms with Gasteiger partial charge in [-0.3, -0.25) is 9.59 Å². The maximum absolute atomic E-state index is 11.8. The maximum atomic E-state index is 11.8. The zero-order valence-electron chi connectivity index (χ0n) is 11.3. The molecule has 1 heterocycles. The van der Waals surface area contributed by atoms with Crippen molar-refractivity contribution in [2.24, 2.45) is 0 Å². The minimum atomic E-state index is -0.324. The third-order valence-corrected chi connectivity index (χ3v) is 2.55. The van der Waals surface area contributed by atoms with Crippen LogP contribution in [-0.4, -0.2) is 17.0 Å². The average molecular weight is 273 g/mol. The Kier molecular flexibility index (Phi) is 4.14. The van der Waals surface area contributed by atoms with E-state index in [-0.39, 0.29) is 17.6 Å². The molecule has 0 atom stereocenters. The first-order valence-corrected chi connectivity index (χ1v) is 6.12. The third-order valence-electron chi connectivity index (χ3n) is 2.55. The Bertz CT molecular complexity index is 634. The first-order chi connectivity index (χ1) is 9.54. The normalized spacial score (nSPS) is 10.1. The summed E-state index contributed by atoms with van der Waals surface area (Å²) in [6.07, 6.45) is 0. The summed E-state index contributed by atoms with van der Waals surface area (Å²) in [4.78, 5) is 22.8. The average Bonchev–Trinajstić information content (AvgIpc) is 2.82. The zero-order chi connectivity index (χ0) is 14.5. The number of rotatable bonds is 4. The van der Waals surface area contributed by atoms with Gasteiger partial charge in [0.25, 0.3) is 5.91 Å². The molecule has 0 saturated heterocycles. The lowest BCUT2D eigenvalue weighted by molar-refractivity contribution is -0.114. The molecule has 0 spiro atoms. The van der Waals surface area contributed by atoms with E-state index in [1.165, 1.54) is 6.92 Å². The molecular formula is C14H15N3O3. The fraction of sp³-hybridized carbons (Fsp3) is 0.214. The number of hydrogen-bond acceptors (Lipinski definition) is 4. The lowest BCUT2D eigenvalue weighted by Crippen LogP contribution is -2.22. The molecule has 0 fully saturated rings. The molecule has 2 rings (SSSR count). The first-order valence-electron chi connectivity index (χ1n) is 6.12. The van der Waals surface area contributed by atoms with Crippen molar-refractivity contribution in [1.82, 2.24) is 10.5 Å². The predicted octanol–water partition coefficient (Wildman–Crippen LogP) is 1.87. The molecular weight excluding hydrogens is 258 g/mol. The van der Waals surface area contributed by atoms with Crippen LogP contribution in [0.1, 0.15) is 28.7 Å². The lowest BCUT2D eigenvalue weighted by atomic mass is 10.2. The highest BCUT2D eigenvalue weighted by Gasteiger charge is 2.10. The molecule has 2 aromatic rings. The van der Waals surface area contributed by atoms with Crippen LogP contribution in [-0.2, 0) is 11.3 Å². The van der Waals surface area contributed by atoms with Gasteiger partial charge in [0, 0.05) is 25.2 Å². The molecule has 0 saturated carbocycles. The Morgan fingerprint density at radius 1 is 1.30 bits per heavy atom. The second-order valence-electron chi connectivity index (χ2n) is 4.40. The van der Waals surface area contributed by atoms with Crippen LogP contribution in [0.2, 0.25) is 0 Å². The van der Waals surface area contributed by atoms with E-state index in [1.807, 2.05) is 12.1 Å². The maximum Gasteiger partial charge on any atom is 0.290 e. The van der Waals surface area contributed by atoms with Gasteiger partial charge in [0.2, 0.25) is 11.7 Å². The summed E-state index contributed by atoms with van der Waals surface area (Å²) < 4.78 is 4.87. The fourth-order valence-electron chi connectivity index (χ4n) is 1.70. The molecule has 1 aromatic heterocycles. The van der Waals surface area contributed by atoms with Gasteiger partial charge in [-0.25, -0.2) is 0 Å². The number of nitrogens with zero attached hydrogens (tertiary/aromatic N) is 1. The number of aromatic nitrogens is 1. The van der Waals surface area contributed by atoms with Crippen molar-refractivity contribution in [3.63, 3.8) is 0 Å². The highest BCUT2D eigenvalue weighted by Crippen LogP contribution is 2.11. The van der Waals surface area contributed by atoms with Gasteiger partial charge < -0.3 is 15.2 Å². The van der Waals surface area contributed by atoms with Gasteiger partial charge in [0.1, 0.15) is 0 Å². The van der Waals surface area contributed by atoms with Gasteiger partial charge in [-0.05, 0) is 24.6 Å². The van der Waals surface area contributed by atoms with Crippen molar-refractivity contribution in [3.8, 4) is 0 Å². The molecule has 6 heteroatoms. The molecule has 1 aromatic carbocycles. The second kappa shape index (κ2) is 6.01. The molecule has 0 aliphatic rings. The van der Waals surface area contributed by atoms with Crippen LogP contribution in [0.3, 0.4) is 0 Å². The highest BCUT2D eigenvalue weighted by atomic mass is 16.5. The number of nitrogens with one attached hydrogen (secondary N) is 2. The predicted molar refractivity (Wildman–Crippen MR) is 73.2 cm³/mol. The van der Waals surface area contributed by atoms with E-state index in [0.717, 1.165) is 5.56 Å². The second-order valence-corrected chi connectivity index (χ2v) is 4.40. The van der Waals surface area contributed by atoms with Gasteiger partial charge >= 0.3 is 0 Å². The SMILES string of the molecule is CC(=O)Nc1cccc(CNC(=O)c2cc(C)no2)c1. The van der Waals surface area contributed by atoms with E-state index in [2.05, 4.69) is 15.8 Å². The van der Waals surface area contributed by atoms with Gasteiger partial charge in [0.05, 0.1) is 5.69 Å². The number of benzene rings is 1. The third kappa shape index (κ3) is 3.68. The summed E-state index contributed by atoms with van der Waals surface area (Å²) in [6, 6.07) is 8.82. The van der Waals surface area contributed by atoms with Crippen LogP contribution >= 0.6 is 0 Å². The molecule has 0 unspecified atom stereocenters. The van der Waals surface area contributed by atoms with Crippen LogP contribution in [0.15, 0.2) is 34.9 Å². The summed E-state index contributed by atoms with van der Waals surface area (Å²) in [6.45, 7) is 3.53. The van der Waals surface area contributed by atoms with E-state index in [1.54, 1.807) is 25.1 Å². The summed E-state index contributed by atoms with van der Waals surface area (Å²) in [5.74, 6) is -0.278. The molecule has 20 heavy (non-hydrogen) atoms. The molecule has 0 radical (unpaired) electrons. The van der Waals surface area contributed by atoms with Crippen LogP contribution in [0.25, 0.3) is 0 Å². The van der Waals surface area contributed by atoms with Crippen molar-refractivity contribution in [2.75, 3.05) is 5.32 Å². The summed E-state index contributed by atoms with van der Waals surface area (Å²) in [5, 5.41) is 9.07. The minimum Gasteiger partial charge on any atom is -0.351 e. The van der Waals surface area contributed by atoms with Crippen LogP contribution in [0.5, 0.6) is 0 Å². The van der Waals surface area contributed by atoms with Gasteiger partial charge in [-0.1, -0.05) is 17.3 Å². The minimum absolute atomic E-state index is 0.136. The molecule has 6 nitrogen and oxygen atoms in total. The number of aryl methyl sites for hydroxylation is 1. The lowest BCUT2D eigenvalue weighted by Gasteiger charge is -2.06. The van der Waals surface area contributed by atoms with Crippen molar-refractivity contribution in [3.05, 3.63) is 47.3 Å². The van der Waals surface area contributed by atoms with Crippen LogP contribution in [0, 0.1) is 6.92 Å². The quantitative estimate of drug-likeness (QED) is 0.890. The fourth-order valence-corrected chi connectivity index (χ4v) is 1.70. The Morgan fingerprint density at radius 3 is 2.75 bits per heavy atom. The Labute approximate surface area is 116 Å². The van der Waals surface area contributed by atoms with Gasteiger partial charge in [-0.15, -0.1) is 0 Å². The van der Waals surface area contributed by atoms with Gasteiger partial charge in [-0.2, -0.15) is 0 Å². The monoisotopic (exact) mass is 273 g/mol. The van der Waals surface area contributed by atoms with Crippen molar-refractivity contribution in [2.45, 2.75) is 20.4 Å². The number of carbonyl (C=O) groups excluding carboxylic acids is 2. The standard InChI is InChI=1S/C14H15N3O3/c1-9-6-13(20-17-9)14(19)15-8-11-4-3-5-12(7-11)16-10(2)18/h3-7H,8H2,1-2H3,(H,15,19)(H,16,18). The topological polar surface area (TPSA) is 84.2 Å². The smallest absolute Gasteiger partial charge is 0.290 e. The first kappa shape index (κ1) is 13.8. The van der Waals surface area contributed by atoms with E-state index in [0.29, 0.717) is 17.9 Å². The number of hydrogen-bond donors (Lipinski definition) is 2. The van der Waals surface area contributed by atoms with Crippen molar-refractivity contribution >= 4 is 17.5 Å². The Balaban J connectivity index is 1.97. The largest absolute Gasteiger partial charge is 0.351 e. The number of anilines is 1. The summed E-state index contributed by atoms with van der Waals surface area (Å²) in [7, 11) is 0. The van der Waals surface area contributed by atoms with Crippen LogP contribution in [0.4, 0.5) is 5.69 Å². The number of amides is 2. The van der Waals surface area contributed by atoms with E-state index >= 15 is 0 Å². The molecule has 2 N–H and O–H groups in total. The van der Waals surface area contributed by atoms with Crippen LogP contribution < -0.4 is 10.6 Å². The van der Waals surface area contributed by atoms with E-state index in [9.17, 15) is 9.59 Å². The van der Waals surface area contributed by atoms with Gasteiger partial charge in [0.15, 0.2) is 0 Å². The highest BCUT2D eigenvalue weighted by molar-refractivity contribution is 5.91. The summed E-state index contributed by atoms with van der Waals surface area (Å²) in [5.41, 5.74) is 2.23. The Morgan fingerprint density at radius 2 is 2.10 bits per heavy atom. The molecule has 0 bridgehead atoms. The Hall–Kier alpha value is -2.63. The van der Waals surface area contributed by atoms with Crippen molar-refractivity contribution < 1.29 is 14.1 Å². The number of carbonyl (C=O) groups is 2. The molecule has 104 valence electrons. The van der Waals surface area contributed by atoms with E-state index < -0.39 is 0 Å². The molecule has 0 aliphatic heterocycles. The molecule has 2 amide bonds.